The Morgan fingerprint density at radius 1 is 1.50 bits per heavy atom. The molecule has 0 aliphatic carbocycles. The number of carbonyl (C=O) groups excluding carboxylic acids is 1. The zero-order valence-corrected chi connectivity index (χ0v) is 11.8. The summed E-state index contributed by atoms with van der Waals surface area (Å²) in [7, 11) is 0. The average Bonchev–Trinajstić information content (AvgIpc) is 3.12. The van der Waals surface area contributed by atoms with E-state index in [1.54, 1.807) is 5.51 Å². The quantitative estimate of drug-likeness (QED) is 0.880. The maximum Gasteiger partial charge on any atom is 0.240 e. The number of hydrogen-bond donors (Lipinski definition) is 2. The van der Waals surface area contributed by atoms with Crippen LogP contribution in [0.3, 0.4) is 0 Å². The first-order valence-electron chi connectivity index (χ1n) is 6.58. The molecular weight excluding hydrogens is 276 g/mol. The van der Waals surface area contributed by atoms with Crippen molar-refractivity contribution in [2.45, 2.75) is 18.8 Å². The first-order chi connectivity index (χ1) is 9.81. The molecule has 0 radical (unpaired) electrons. The largest absolute Gasteiger partial charge is 0.299 e. The number of carbonyl (C=O) groups is 1. The second-order valence-corrected chi connectivity index (χ2v) is 5.71. The van der Waals surface area contributed by atoms with Gasteiger partial charge < -0.3 is 0 Å². The molecule has 2 N–H and O–H groups in total. The van der Waals surface area contributed by atoms with Gasteiger partial charge in [-0.05, 0) is 37.4 Å². The minimum Gasteiger partial charge on any atom is -0.299 e. The summed E-state index contributed by atoms with van der Waals surface area (Å²) < 4.78 is 0. The van der Waals surface area contributed by atoms with E-state index in [9.17, 15) is 4.79 Å². The van der Waals surface area contributed by atoms with Crippen LogP contribution in [0.15, 0.2) is 17.9 Å². The van der Waals surface area contributed by atoms with Crippen molar-refractivity contribution in [1.82, 2.24) is 25.3 Å². The molecule has 2 aromatic rings. The van der Waals surface area contributed by atoms with Crippen molar-refractivity contribution in [3.63, 3.8) is 0 Å². The Hall–Kier alpha value is -1.80. The molecule has 1 saturated heterocycles. The van der Waals surface area contributed by atoms with Gasteiger partial charge in [-0.2, -0.15) is 5.10 Å². The molecule has 1 aliphatic rings. The smallest absolute Gasteiger partial charge is 0.240 e. The molecule has 0 unspecified atom stereocenters. The molecule has 0 saturated carbocycles. The molecule has 0 aromatic carbocycles. The number of nitrogens with one attached hydrogen (secondary N) is 2. The lowest BCUT2D eigenvalue weighted by molar-refractivity contribution is -0.117. The van der Waals surface area contributed by atoms with E-state index in [1.807, 2.05) is 12.4 Å². The summed E-state index contributed by atoms with van der Waals surface area (Å²) in [5.41, 5.74) is 2.87. The van der Waals surface area contributed by atoms with Crippen LogP contribution in [0.25, 0.3) is 0 Å². The minimum atomic E-state index is -0.0245. The second-order valence-electron chi connectivity index (χ2n) is 4.87. The summed E-state index contributed by atoms with van der Waals surface area (Å²) in [6, 6.07) is 0. The summed E-state index contributed by atoms with van der Waals surface area (Å²) in [5, 5.41) is 17.7. The van der Waals surface area contributed by atoms with Crippen molar-refractivity contribution in [3.05, 3.63) is 23.5 Å². The summed E-state index contributed by atoms with van der Waals surface area (Å²) >= 11 is 1.33. The van der Waals surface area contributed by atoms with E-state index in [1.165, 1.54) is 16.9 Å². The van der Waals surface area contributed by atoms with Crippen molar-refractivity contribution >= 4 is 22.4 Å². The molecule has 7 nitrogen and oxygen atoms in total. The second kappa shape index (κ2) is 6.10. The van der Waals surface area contributed by atoms with Gasteiger partial charge in [-0.3, -0.25) is 20.1 Å². The van der Waals surface area contributed by atoms with Crippen LogP contribution in [-0.4, -0.2) is 50.8 Å². The molecule has 106 valence electrons. The number of H-pyrrole nitrogens is 1. The first-order valence-corrected chi connectivity index (χ1v) is 7.46. The predicted molar refractivity (Wildman–Crippen MR) is 75.5 cm³/mol. The zero-order chi connectivity index (χ0) is 13.8. The third kappa shape index (κ3) is 3.20. The van der Waals surface area contributed by atoms with E-state index < -0.39 is 0 Å². The maximum atomic E-state index is 11.9. The molecule has 3 rings (SSSR count). The van der Waals surface area contributed by atoms with E-state index in [2.05, 4.69) is 30.6 Å². The normalized spacial score (nSPS) is 17.2. The minimum absolute atomic E-state index is 0.0245. The van der Waals surface area contributed by atoms with Gasteiger partial charge in [-0.1, -0.05) is 11.3 Å². The lowest BCUT2D eigenvalue weighted by Crippen LogP contribution is -2.38. The van der Waals surface area contributed by atoms with E-state index >= 15 is 0 Å². The van der Waals surface area contributed by atoms with Gasteiger partial charge in [0.1, 0.15) is 5.51 Å². The highest BCUT2D eigenvalue weighted by atomic mass is 32.1. The van der Waals surface area contributed by atoms with Gasteiger partial charge in [0.2, 0.25) is 11.0 Å². The standard InChI is InChI=1S/C12H16N6OS/c19-11(16-12-17-15-8-20-12)7-18-3-1-9(2-4-18)10-5-13-14-6-10/h5-6,8-9H,1-4,7H2,(H,13,14)(H,16,17,19). The molecule has 0 bridgehead atoms. The Balaban J connectivity index is 1.45. The van der Waals surface area contributed by atoms with Crippen LogP contribution in [-0.2, 0) is 4.79 Å². The summed E-state index contributed by atoms with van der Waals surface area (Å²) in [6.07, 6.45) is 5.97. The number of anilines is 1. The molecule has 20 heavy (non-hydrogen) atoms. The van der Waals surface area contributed by atoms with Crippen LogP contribution in [0, 0.1) is 0 Å². The zero-order valence-electron chi connectivity index (χ0n) is 11.0. The highest BCUT2D eigenvalue weighted by Gasteiger charge is 2.22. The Kier molecular flexibility index (Phi) is 4.03. The highest BCUT2D eigenvalue weighted by Crippen LogP contribution is 2.26. The Bertz CT molecular complexity index is 532. The molecule has 3 heterocycles. The van der Waals surface area contributed by atoms with Crippen LogP contribution in [0.4, 0.5) is 5.13 Å². The molecule has 0 atom stereocenters. The summed E-state index contributed by atoms with van der Waals surface area (Å²) in [4.78, 5) is 14.0. The van der Waals surface area contributed by atoms with E-state index in [-0.39, 0.29) is 5.91 Å². The van der Waals surface area contributed by atoms with Gasteiger partial charge in [0.15, 0.2) is 0 Å². The van der Waals surface area contributed by atoms with E-state index in [4.69, 9.17) is 0 Å². The number of rotatable bonds is 4. The number of hydrogen-bond acceptors (Lipinski definition) is 6. The Morgan fingerprint density at radius 2 is 2.35 bits per heavy atom. The Morgan fingerprint density at radius 3 is 3.00 bits per heavy atom. The fourth-order valence-corrected chi connectivity index (χ4v) is 2.96. The first kappa shape index (κ1) is 13.2. The van der Waals surface area contributed by atoms with Gasteiger partial charge in [-0.25, -0.2) is 0 Å². The number of aromatic amines is 1. The van der Waals surface area contributed by atoms with Crippen LogP contribution >= 0.6 is 11.3 Å². The van der Waals surface area contributed by atoms with Gasteiger partial charge in [0, 0.05) is 6.20 Å². The van der Waals surface area contributed by atoms with Crippen molar-refractivity contribution in [2.75, 3.05) is 25.0 Å². The van der Waals surface area contributed by atoms with Crippen LogP contribution in [0.5, 0.6) is 0 Å². The van der Waals surface area contributed by atoms with Crippen molar-refractivity contribution in [3.8, 4) is 0 Å². The third-order valence-corrected chi connectivity index (χ3v) is 4.16. The summed E-state index contributed by atoms with van der Waals surface area (Å²) in [5.74, 6) is 0.528. The average molecular weight is 292 g/mol. The summed E-state index contributed by atoms with van der Waals surface area (Å²) in [6.45, 7) is 2.27. The third-order valence-electron chi connectivity index (χ3n) is 3.55. The fourth-order valence-electron chi connectivity index (χ4n) is 2.50. The van der Waals surface area contributed by atoms with Crippen LogP contribution in [0.2, 0.25) is 0 Å². The monoisotopic (exact) mass is 292 g/mol. The molecule has 2 aromatic heterocycles. The number of likely N-dealkylation sites (tertiary alicyclic amines) is 1. The number of nitrogens with zero attached hydrogens (tertiary/aromatic N) is 4. The number of amides is 1. The van der Waals surface area contributed by atoms with Crippen molar-refractivity contribution in [2.24, 2.45) is 0 Å². The number of piperidine rings is 1. The lowest BCUT2D eigenvalue weighted by atomic mass is 9.92. The van der Waals surface area contributed by atoms with E-state index in [0.29, 0.717) is 17.6 Å². The molecule has 1 aliphatic heterocycles. The molecular formula is C12H16N6OS. The van der Waals surface area contributed by atoms with E-state index in [0.717, 1.165) is 25.9 Å². The number of aromatic nitrogens is 4. The van der Waals surface area contributed by atoms with Crippen LogP contribution in [0.1, 0.15) is 24.3 Å². The lowest BCUT2D eigenvalue weighted by Gasteiger charge is -2.30. The highest BCUT2D eigenvalue weighted by molar-refractivity contribution is 7.13. The fraction of sp³-hybridized carbons (Fsp3) is 0.500. The van der Waals surface area contributed by atoms with Crippen LogP contribution < -0.4 is 5.32 Å². The van der Waals surface area contributed by atoms with Gasteiger partial charge in [0.25, 0.3) is 0 Å². The topological polar surface area (TPSA) is 86.8 Å². The molecule has 1 fully saturated rings. The predicted octanol–water partition coefficient (Wildman–Crippen LogP) is 1.08. The maximum absolute atomic E-state index is 11.9. The SMILES string of the molecule is O=C(CN1CCC(c2cn[nH]c2)CC1)Nc1nncs1. The van der Waals surface area contributed by atoms with Crippen molar-refractivity contribution < 1.29 is 4.79 Å². The van der Waals surface area contributed by atoms with Gasteiger partial charge in [0.05, 0.1) is 12.7 Å². The van der Waals surface area contributed by atoms with Gasteiger partial charge in [-0.15, -0.1) is 10.2 Å². The van der Waals surface area contributed by atoms with Crippen molar-refractivity contribution in [1.29, 1.82) is 0 Å². The Labute approximate surface area is 120 Å². The molecule has 8 heteroatoms. The van der Waals surface area contributed by atoms with Gasteiger partial charge >= 0.3 is 0 Å². The molecule has 0 spiro atoms. The molecule has 1 amide bonds.